The summed E-state index contributed by atoms with van der Waals surface area (Å²) in [7, 11) is -3.61. The van der Waals surface area contributed by atoms with Gasteiger partial charge in [0.2, 0.25) is 0 Å². The fourth-order valence-electron chi connectivity index (χ4n) is 2.92. The van der Waals surface area contributed by atoms with Crippen LogP contribution in [-0.2, 0) is 14.8 Å². The molecule has 1 aromatic carbocycles. The number of benzene rings is 1. The second kappa shape index (κ2) is 8.72. The van der Waals surface area contributed by atoms with Gasteiger partial charge < -0.3 is 9.47 Å². The van der Waals surface area contributed by atoms with E-state index in [1.54, 1.807) is 36.4 Å². The Kier molecular flexibility index (Phi) is 6.56. The third-order valence-electron chi connectivity index (χ3n) is 4.22. The van der Waals surface area contributed by atoms with E-state index in [1.807, 2.05) is 6.92 Å². The Balaban J connectivity index is 1.72. The van der Waals surface area contributed by atoms with Crippen LogP contribution in [0.15, 0.2) is 44.4 Å². The SMILES string of the molecule is CCOc1ccccc1OC(=O)C1CCCN(S(=O)(=O)c2ccc(Br)s2)C1. The largest absolute Gasteiger partial charge is 0.490 e. The van der Waals surface area contributed by atoms with E-state index in [9.17, 15) is 13.2 Å². The maximum atomic E-state index is 12.8. The van der Waals surface area contributed by atoms with Crippen LogP contribution in [-0.4, -0.2) is 38.4 Å². The van der Waals surface area contributed by atoms with Gasteiger partial charge in [0.15, 0.2) is 11.5 Å². The molecule has 1 saturated heterocycles. The maximum absolute atomic E-state index is 12.8. The standard InChI is InChI=1S/C18H20BrNO5S2/c1-2-24-14-7-3-4-8-15(14)25-18(21)13-6-5-11-20(12-13)27(22,23)17-10-9-16(19)26-17/h3-4,7-10,13H,2,5-6,11-12H2,1H3. The average molecular weight is 474 g/mol. The highest BCUT2D eigenvalue weighted by atomic mass is 79.9. The third-order valence-corrected chi connectivity index (χ3v) is 8.18. The van der Waals surface area contributed by atoms with E-state index in [4.69, 9.17) is 9.47 Å². The first-order valence-corrected chi connectivity index (χ1v) is 11.7. The second-order valence-electron chi connectivity index (χ2n) is 6.06. The molecule has 1 fully saturated rings. The molecule has 0 radical (unpaired) electrons. The lowest BCUT2D eigenvalue weighted by atomic mass is 10.00. The third kappa shape index (κ3) is 4.71. The van der Waals surface area contributed by atoms with E-state index in [0.717, 1.165) is 15.1 Å². The lowest BCUT2D eigenvalue weighted by Crippen LogP contribution is -2.43. The molecule has 1 unspecified atom stereocenters. The quantitative estimate of drug-likeness (QED) is 0.469. The van der Waals surface area contributed by atoms with Crippen LogP contribution < -0.4 is 9.47 Å². The van der Waals surface area contributed by atoms with E-state index in [-0.39, 0.29) is 10.8 Å². The molecular formula is C18H20BrNO5S2. The Labute approximate surface area is 171 Å². The van der Waals surface area contributed by atoms with Crippen LogP contribution in [0.5, 0.6) is 11.5 Å². The molecule has 27 heavy (non-hydrogen) atoms. The molecule has 0 saturated carbocycles. The number of sulfonamides is 1. The van der Waals surface area contributed by atoms with Gasteiger partial charge in [-0.1, -0.05) is 12.1 Å². The summed E-state index contributed by atoms with van der Waals surface area (Å²) in [4.78, 5) is 12.6. The van der Waals surface area contributed by atoms with Gasteiger partial charge in [-0.25, -0.2) is 8.42 Å². The molecule has 9 heteroatoms. The number of para-hydroxylation sites is 2. The van der Waals surface area contributed by atoms with Crippen molar-refractivity contribution in [3.05, 3.63) is 40.2 Å². The number of carbonyl (C=O) groups excluding carboxylic acids is 1. The first-order valence-electron chi connectivity index (χ1n) is 8.61. The highest BCUT2D eigenvalue weighted by molar-refractivity contribution is 9.11. The van der Waals surface area contributed by atoms with E-state index in [2.05, 4.69) is 15.9 Å². The van der Waals surface area contributed by atoms with Gasteiger partial charge in [-0.3, -0.25) is 4.79 Å². The highest BCUT2D eigenvalue weighted by Gasteiger charge is 2.35. The molecule has 1 aliphatic heterocycles. The number of rotatable bonds is 6. The molecule has 1 aromatic heterocycles. The maximum Gasteiger partial charge on any atom is 0.315 e. The lowest BCUT2D eigenvalue weighted by molar-refractivity contribution is -0.140. The normalized spacial score (nSPS) is 18.2. The minimum absolute atomic E-state index is 0.119. The number of hydrogen-bond acceptors (Lipinski definition) is 6. The monoisotopic (exact) mass is 473 g/mol. The summed E-state index contributed by atoms with van der Waals surface area (Å²) >= 11 is 4.45. The first-order chi connectivity index (χ1) is 12.9. The number of piperidine rings is 1. The predicted octanol–water partition coefficient (Wildman–Crippen LogP) is 3.92. The van der Waals surface area contributed by atoms with Crippen LogP contribution in [0.25, 0.3) is 0 Å². The predicted molar refractivity (Wildman–Crippen MR) is 107 cm³/mol. The Morgan fingerprint density at radius 2 is 2.00 bits per heavy atom. The average Bonchev–Trinajstić information content (AvgIpc) is 3.11. The van der Waals surface area contributed by atoms with Gasteiger partial charge in [0.05, 0.1) is 16.3 Å². The fourth-order valence-corrected chi connectivity index (χ4v) is 6.61. The van der Waals surface area contributed by atoms with Crippen molar-refractivity contribution in [2.75, 3.05) is 19.7 Å². The van der Waals surface area contributed by atoms with Crippen molar-refractivity contribution in [1.29, 1.82) is 0 Å². The zero-order valence-corrected chi connectivity index (χ0v) is 18.0. The van der Waals surface area contributed by atoms with Crippen LogP contribution in [0, 0.1) is 5.92 Å². The molecule has 146 valence electrons. The summed E-state index contributed by atoms with van der Waals surface area (Å²) in [5, 5.41) is 0. The molecule has 3 rings (SSSR count). The van der Waals surface area contributed by atoms with Gasteiger partial charge in [0.1, 0.15) is 4.21 Å². The molecule has 6 nitrogen and oxygen atoms in total. The minimum Gasteiger partial charge on any atom is -0.490 e. The number of carbonyl (C=O) groups is 1. The molecule has 2 aromatic rings. The summed E-state index contributed by atoms with van der Waals surface area (Å²) in [6.07, 6.45) is 1.20. The summed E-state index contributed by atoms with van der Waals surface area (Å²) in [5.74, 6) is -0.0929. The number of ether oxygens (including phenoxy) is 2. The molecule has 0 N–H and O–H groups in total. The van der Waals surface area contributed by atoms with Gasteiger partial charge in [-0.2, -0.15) is 4.31 Å². The van der Waals surface area contributed by atoms with Crippen molar-refractivity contribution in [3.8, 4) is 11.5 Å². The Bertz CT molecular complexity index is 912. The highest BCUT2D eigenvalue weighted by Crippen LogP contribution is 2.32. The van der Waals surface area contributed by atoms with Crippen molar-refractivity contribution in [3.63, 3.8) is 0 Å². The van der Waals surface area contributed by atoms with Crippen LogP contribution >= 0.6 is 27.3 Å². The second-order valence-corrected chi connectivity index (χ2v) is 10.7. The molecule has 0 spiro atoms. The number of nitrogens with zero attached hydrogens (tertiary/aromatic N) is 1. The molecule has 1 aliphatic rings. The number of hydrogen-bond donors (Lipinski definition) is 0. The molecule has 0 bridgehead atoms. The van der Waals surface area contributed by atoms with Crippen molar-refractivity contribution in [2.45, 2.75) is 24.0 Å². The topological polar surface area (TPSA) is 72.9 Å². The van der Waals surface area contributed by atoms with Crippen LogP contribution in [0.3, 0.4) is 0 Å². The molecule has 2 heterocycles. The summed E-state index contributed by atoms with van der Waals surface area (Å²) in [5.41, 5.74) is 0. The van der Waals surface area contributed by atoms with E-state index in [1.165, 1.54) is 4.31 Å². The van der Waals surface area contributed by atoms with E-state index < -0.39 is 21.9 Å². The minimum atomic E-state index is -3.61. The van der Waals surface area contributed by atoms with Crippen LogP contribution in [0.2, 0.25) is 0 Å². The van der Waals surface area contributed by atoms with Crippen molar-refractivity contribution in [2.24, 2.45) is 5.92 Å². The summed E-state index contributed by atoms with van der Waals surface area (Å²) < 4.78 is 39.0. The van der Waals surface area contributed by atoms with Gasteiger partial charge in [-0.15, -0.1) is 11.3 Å². The summed E-state index contributed by atoms with van der Waals surface area (Å²) in [6.45, 7) is 2.83. The fraction of sp³-hybridized carbons (Fsp3) is 0.389. The molecule has 1 atom stereocenters. The van der Waals surface area contributed by atoms with Crippen molar-refractivity contribution >= 4 is 43.3 Å². The molecule has 0 aliphatic carbocycles. The summed E-state index contributed by atoms with van der Waals surface area (Å²) in [6, 6.07) is 10.2. The smallest absolute Gasteiger partial charge is 0.315 e. The van der Waals surface area contributed by atoms with Gasteiger partial charge in [0.25, 0.3) is 10.0 Å². The van der Waals surface area contributed by atoms with Gasteiger partial charge >= 0.3 is 5.97 Å². The zero-order chi connectivity index (χ0) is 19.4. The van der Waals surface area contributed by atoms with Crippen molar-refractivity contribution < 1.29 is 22.7 Å². The Morgan fingerprint density at radius 3 is 2.67 bits per heavy atom. The zero-order valence-electron chi connectivity index (χ0n) is 14.8. The lowest BCUT2D eigenvalue weighted by Gasteiger charge is -2.30. The van der Waals surface area contributed by atoms with E-state index >= 15 is 0 Å². The Morgan fingerprint density at radius 1 is 1.26 bits per heavy atom. The molecular weight excluding hydrogens is 454 g/mol. The van der Waals surface area contributed by atoms with Crippen molar-refractivity contribution in [1.82, 2.24) is 4.31 Å². The van der Waals surface area contributed by atoms with Crippen LogP contribution in [0.1, 0.15) is 19.8 Å². The number of esters is 1. The first kappa shape index (κ1) is 20.3. The number of halogens is 1. The van der Waals surface area contributed by atoms with E-state index in [0.29, 0.717) is 37.5 Å². The van der Waals surface area contributed by atoms with Gasteiger partial charge in [0, 0.05) is 13.1 Å². The Hall–Kier alpha value is -1.42. The number of thiophene rings is 1. The van der Waals surface area contributed by atoms with Gasteiger partial charge in [-0.05, 0) is 60.0 Å². The van der Waals surface area contributed by atoms with Crippen LogP contribution in [0.4, 0.5) is 0 Å². The molecule has 0 amide bonds.